The number of carbonyl (C=O) groups excluding carboxylic acids is 2. The highest BCUT2D eigenvalue weighted by molar-refractivity contribution is 8.00. The number of carbonyl (C=O) groups is 2. The second-order valence-electron chi connectivity index (χ2n) is 10.5. The smallest absolute Gasteiger partial charge is 0.248 e. The Balaban J connectivity index is 1.14. The van der Waals surface area contributed by atoms with Crippen molar-refractivity contribution in [1.82, 2.24) is 20.9 Å². The number of amides is 2. The first-order valence-electron chi connectivity index (χ1n) is 12.5. The Kier molecular flexibility index (Phi) is 6.90. The fourth-order valence-corrected chi connectivity index (χ4v) is 8.02. The molecule has 7 atom stereocenters. The number of fused-ring (bicyclic) bond motifs is 2. The average molecular weight is 487 g/mol. The number of rotatable bonds is 4. The number of nitrogens with zero attached hydrogens (tertiary/aromatic N) is 1. The van der Waals surface area contributed by atoms with Crippen molar-refractivity contribution in [2.45, 2.75) is 86.7 Å². The van der Waals surface area contributed by atoms with E-state index < -0.39 is 11.8 Å². The largest absolute Gasteiger partial charge is 0.381 e. The van der Waals surface area contributed by atoms with Crippen molar-refractivity contribution in [3.05, 3.63) is 0 Å². The summed E-state index contributed by atoms with van der Waals surface area (Å²) in [6.07, 6.45) is 5.09. The minimum Gasteiger partial charge on any atom is -0.381 e. The molecule has 33 heavy (non-hydrogen) atoms. The number of halogens is 2. The summed E-state index contributed by atoms with van der Waals surface area (Å²) in [6, 6.07) is -0.0717. The zero-order valence-corrected chi connectivity index (χ0v) is 20.0. The molecule has 3 N–H and O–H groups in total. The summed E-state index contributed by atoms with van der Waals surface area (Å²) in [5.41, 5.74) is -0.134. The molecule has 0 bridgehead atoms. The van der Waals surface area contributed by atoms with E-state index in [0.29, 0.717) is 39.1 Å². The predicted octanol–water partition coefficient (Wildman–Crippen LogP) is 1.92. The third kappa shape index (κ3) is 5.04. The molecule has 4 saturated heterocycles. The standard InChI is InChI=1S/C23H36F2N4O3S/c1-23(24,25)15-3-2-4-16-14(15)11-18(26-16)21(31)29-8-5-17-19(12-29)33-22(27-17)28-20(30)13-6-9-32-10-7-13/h13-19,22,26-27H,2-12H2,1H3,(H,28,30). The number of thioether (sulfide) groups is 1. The predicted molar refractivity (Wildman–Crippen MR) is 122 cm³/mol. The number of piperidine rings is 1. The van der Waals surface area contributed by atoms with Gasteiger partial charge in [0.2, 0.25) is 17.7 Å². The van der Waals surface area contributed by atoms with Crippen LogP contribution < -0.4 is 16.0 Å². The van der Waals surface area contributed by atoms with Crippen molar-refractivity contribution in [2.75, 3.05) is 26.3 Å². The lowest BCUT2D eigenvalue weighted by Crippen LogP contribution is -2.54. The molecule has 2 amide bonds. The number of hydrogen-bond acceptors (Lipinski definition) is 6. The second kappa shape index (κ2) is 9.59. The minimum atomic E-state index is -2.70. The van der Waals surface area contributed by atoms with Crippen molar-refractivity contribution in [1.29, 1.82) is 0 Å². The van der Waals surface area contributed by atoms with E-state index in [-0.39, 0.29) is 52.5 Å². The number of likely N-dealkylation sites (tertiary alicyclic amines) is 1. The van der Waals surface area contributed by atoms with Gasteiger partial charge in [-0.05, 0) is 51.4 Å². The molecule has 0 aromatic carbocycles. The number of ether oxygens (including phenoxy) is 1. The summed E-state index contributed by atoms with van der Waals surface area (Å²) in [6.45, 7) is 3.60. The van der Waals surface area contributed by atoms with Gasteiger partial charge in [0, 0.05) is 55.5 Å². The fourth-order valence-electron chi connectivity index (χ4n) is 6.56. The van der Waals surface area contributed by atoms with Crippen LogP contribution in [0.2, 0.25) is 0 Å². The monoisotopic (exact) mass is 486 g/mol. The van der Waals surface area contributed by atoms with E-state index in [0.717, 1.165) is 39.0 Å². The quantitative estimate of drug-likeness (QED) is 0.563. The van der Waals surface area contributed by atoms with Gasteiger partial charge in [-0.2, -0.15) is 0 Å². The normalized spacial score (nSPS) is 39.7. The summed E-state index contributed by atoms with van der Waals surface area (Å²) in [4.78, 5) is 27.8. The fraction of sp³-hybridized carbons (Fsp3) is 0.913. The van der Waals surface area contributed by atoms with E-state index in [4.69, 9.17) is 4.74 Å². The molecule has 1 saturated carbocycles. The van der Waals surface area contributed by atoms with Crippen molar-refractivity contribution in [2.24, 2.45) is 17.8 Å². The van der Waals surface area contributed by atoms with Gasteiger partial charge >= 0.3 is 0 Å². The lowest BCUT2D eigenvalue weighted by molar-refractivity contribution is -0.134. The van der Waals surface area contributed by atoms with Crippen LogP contribution in [0.4, 0.5) is 8.78 Å². The SMILES string of the molecule is CC(F)(F)C1CCCC2NC(C(=O)N3CCC4NC(NC(=O)C5CCOCC5)SC4C3)CC21. The van der Waals surface area contributed by atoms with Crippen molar-refractivity contribution in [3.63, 3.8) is 0 Å². The van der Waals surface area contributed by atoms with Crippen molar-refractivity contribution < 1.29 is 23.1 Å². The van der Waals surface area contributed by atoms with Crippen LogP contribution in [0.1, 0.15) is 51.9 Å². The highest BCUT2D eigenvalue weighted by atomic mass is 32.2. The summed E-state index contributed by atoms with van der Waals surface area (Å²) in [5.74, 6) is -3.32. The van der Waals surface area contributed by atoms with Gasteiger partial charge in [-0.1, -0.05) is 6.42 Å². The Hall–Kier alpha value is -0.970. The molecule has 0 radical (unpaired) electrons. The van der Waals surface area contributed by atoms with Gasteiger partial charge in [0.05, 0.1) is 6.04 Å². The molecule has 5 rings (SSSR count). The molecule has 7 unspecified atom stereocenters. The Morgan fingerprint density at radius 3 is 2.64 bits per heavy atom. The molecule has 7 nitrogen and oxygen atoms in total. The molecule has 10 heteroatoms. The Morgan fingerprint density at radius 2 is 1.88 bits per heavy atom. The van der Waals surface area contributed by atoms with Crippen LogP contribution in [0.25, 0.3) is 0 Å². The van der Waals surface area contributed by atoms with Gasteiger partial charge in [0.25, 0.3) is 0 Å². The van der Waals surface area contributed by atoms with Crippen LogP contribution in [0.5, 0.6) is 0 Å². The summed E-state index contributed by atoms with van der Waals surface area (Å²) in [5, 5.41) is 10.3. The molecule has 0 aromatic rings. The molecule has 4 heterocycles. The summed E-state index contributed by atoms with van der Waals surface area (Å²) >= 11 is 1.69. The van der Waals surface area contributed by atoms with Crippen molar-refractivity contribution >= 4 is 23.6 Å². The number of alkyl halides is 2. The molecule has 5 fully saturated rings. The van der Waals surface area contributed by atoms with Crippen LogP contribution in [0.15, 0.2) is 0 Å². The van der Waals surface area contributed by atoms with Gasteiger partial charge in [-0.15, -0.1) is 11.8 Å². The minimum absolute atomic E-state index is 0.0122. The lowest BCUT2D eigenvalue weighted by atomic mass is 9.73. The van der Waals surface area contributed by atoms with Crippen LogP contribution >= 0.6 is 11.8 Å². The highest BCUT2D eigenvalue weighted by Gasteiger charge is 2.51. The number of nitrogens with one attached hydrogen (secondary N) is 3. The summed E-state index contributed by atoms with van der Waals surface area (Å²) < 4.78 is 33.7. The Morgan fingerprint density at radius 1 is 1.09 bits per heavy atom. The first-order valence-corrected chi connectivity index (χ1v) is 13.5. The van der Waals surface area contributed by atoms with E-state index in [1.807, 2.05) is 4.90 Å². The zero-order chi connectivity index (χ0) is 23.2. The van der Waals surface area contributed by atoms with Crippen LogP contribution in [-0.4, -0.2) is 77.8 Å². The molecule has 1 aliphatic carbocycles. The number of hydrogen-bond donors (Lipinski definition) is 3. The van der Waals surface area contributed by atoms with Gasteiger partial charge in [0.1, 0.15) is 5.50 Å². The lowest BCUT2D eigenvalue weighted by Gasteiger charge is -2.36. The second-order valence-corrected chi connectivity index (χ2v) is 11.9. The maximum absolute atomic E-state index is 14.2. The third-order valence-electron chi connectivity index (χ3n) is 8.35. The average Bonchev–Trinajstić information content (AvgIpc) is 3.41. The molecule has 0 spiro atoms. The van der Waals surface area contributed by atoms with Gasteiger partial charge in [-0.3, -0.25) is 14.9 Å². The molecule has 4 aliphatic heterocycles. The zero-order valence-electron chi connectivity index (χ0n) is 19.2. The Bertz CT molecular complexity index is 748. The van der Waals surface area contributed by atoms with E-state index in [9.17, 15) is 18.4 Å². The van der Waals surface area contributed by atoms with Crippen LogP contribution in [0.3, 0.4) is 0 Å². The maximum atomic E-state index is 14.2. The third-order valence-corrected chi connectivity index (χ3v) is 9.70. The molecule has 186 valence electrons. The van der Waals surface area contributed by atoms with Crippen LogP contribution in [0, 0.1) is 17.8 Å². The highest BCUT2D eigenvalue weighted by Crippen LogP contribution is 2.45. The molecular weight excluding hydrogens is 450 g/mol. The van der Waals surface area contributed by atoms with E-state index in [1.165, 1.54) is 0 Å². The summed E-state index contributed by atoms with van der Waals surface area (Å²) in [7, 11) is 0. The van der Waals surface area contributed by atoms with E-state index >= 15 is 0 Å². The van der Waals surface area contributed by atoms with E-state index in [1.54, 1.807) is 11.8 Å². The molecular formula is C23H36F2N4O3S. The first kappa shape index (κ1) is 23.8. The Labute approximate surface area is 198 Å². The molecule has 0 aromatic heterocycles. The van der Waals surface area contributed by atoms with Crippen molar-refractivity contribution in [3.8, 4) is 0 Å². The van der Waals surface area contributed by atoms with Gasteiger partial charge in [-0.25, -0.2) is 8.78 Å². The molecule has 5 aliphatic rings. The van der Waals surface area contributed by atoms with Gasteiger partial charge in [0.15, 0.2) is 0 Å². The maximum Gasteiger partial charge on any atom is 0.248 e. The topological polar surface area (TPSA) is 82.7 Å². The first-order chi connectivity index (χ1) is 15.8. The van der Waals surface area contributed by atoms with Gasteiger partial charge < -0.3 is 20.3 Å². The van der Waals surface area contributed by atoms with E-state index in [2.05, 4.69) is 16.0 Å². The van der Waals surface area contributed by atoms with Crippen LogP contribution in [-0.2, 0) is 14.3 Å².